The van der Waals surface area contributed by atoms with Crippen LogP contribution in [0.3, 0.4) is 0 Å². The third-order valence-corrected chi connectivity index (χ3v) is 5.80. The molecule has 4 aromatic rings. The molecule has 1 aromatic carbocycles. The lowest BCUT2D eigenvalue weighted by Crippen LogP contribution is -2.15. The van der Waals surface area contributed by atoms with Crippen molar-refractivity contribution in [3.8, 4) is 22.7 Å². The second kappa shape index (κ2) is 9.99. The van der Waals surface area contributed by atoms with Gasteiger partial charge in [-0.1, -0.05) is 61.1 Å². The molecule has 0 atom stereocenters. The van der Waals surface area contributed by atoms with Crippen LogP contribution >= 0.6 is 11.8 Å². The Bertz CT molecular complexity index is 1230. The van der Waals surface area contributed by atoms with Crippen LogP contribution in [0.15, 0.2) is 44.4 Å². The fourth-order valence-corrected chi connectivity index (χ4v) is 4.15. The van der Waals surface area contributed by atoms with Crippen LogP contribution in [0.4, 0.5) is 0 Å². The van der Waals surface area contributed by atoms with Crippen molar-refractivity contribution in [2.45, 2.75) is 51.1 Å². The van der Waals surface area contributed by atoms with E-state index in [0.29, 0.717) is 46.9 Å². The van der Waals surface area contributed by atoms with Gasteiger partial charge in [0.05, 0.1) is 5.75 Å². The van der Waals surface area contributed by atoms with Crippen LogP contribution in [0.1, 0.15) is 37.7 Å². The first-order valence-electron chi connectivity index (χ1n) is 10.6. The SMILES string of the molecule is Cc1onc(-c2ccccc2)c1-c1nnc(CSc2nnc(CCC(N)=O)n2CC(C)C)o1. The van der Waals surface area contributed by atoms with E-state index in [4.69, 9.17) is 14.7 Å². The zero-order chi connectivity index (χ0) is 23.4. The lowest BCUT2D eigenvalue weighted by atomic mass is 10.1. The quantitative estimate of drug-likeness (QED) is 0.346. The number of hydrogen-bond acceptors (Lipinski definition) is 9. The van der Waals surface area contributed by atoms with Crippen molar-refractivity contribution in [1.29, 1.82) is 0 Å². The molecule has 3 aromatic heterocycles. The van der Waals surface area contributed by atoms with Gasteiger partial charge >= 0.3 is 0 Å². The maximum absolute atomic E-state index is 11.2. The molecule has 1 amide bonds. The van der Waals surface area contributed by atoms with Crippen molar-refractivity contribution in [3.63, 3.8) is 0 Å². The van der Waals surface area contributed by atoms with Gasteiger partial charge in [0.15, 0.2) is 5.16 Å². The molecule has 4 rings (SSSR count). The summed E-state index contributed by atoms with van der Waals surface area (Å²) in [4.78, 5) is 11.2. The molecule has 0 bridgehead atoms. The molecule has 0 aliphatic carbocycles. The highest BCUT2D eigenvalue weighted by Crippen LogP contribution is 2.34. The molecule has 0 aliphatic rings. The smallest absolute Gasteiger partial charge is 0.253 e. The Labute approximate surface area is 195 Å². The van der Waals surface area contributed by atoms with Crippen LogP contribution in [-0.4, -0.2) is 36.0 Å². The average molecular weight is 468 g/mol. The molecule has 0 saturated carbocycles. The van der Waals surface area contributed by atoms with E-state index in [1.807, 2.05) is 41.8 Å². The number of nitrogens with two attached hydrogens (primary N) is 1. The minimum Gasteiger partial charge on any atom is -0.420 e. The molecule has 3 heterocycles. The van der Waals surface area contributed by atoms with Gasteiger partial charge in [0.1, 0.15) is 22.8 Å². The van der Waals surface area contributed by atoms with Crippen molar-refractivity contribution in [2.75, 3.05) is 0 Å². The number of amides is 1. The van der Waals surface area contributed by atoms with E-state index in [1.165, 1.54) is 11.8 Å². The van der Waals surface area contributed by atoms with Crippen LogP contribution in [0.5, 0.6) is 0 Å². The van der Waals surface area contributed by atoms with Gasteiger partial charge < -0.3 is 19.2 Å². The van der Waals surface area contributed by atoms with Gasteiger partial charge in [-0.2, -0.15) is 0 Å². The Morgan fingerprint density at radius 2 is 1.94 bits per heavy atom. The topological polar surface area (TPSA) is 139 Å². The fraction of sp³-hybridized carbons (Fsp3) is 0.364. The van der Waals surface area contributed by atoms with E-state index in [9.17, 15) is 4.79 Å². The number of aromatic nitrogens is 6. The first-order chi connectivity index (χ1) is 15.9. The lowest BCUT2D eigenvalue weighted by molar-refractivity contribution is -0.118. The second-order valence-electron chi connectivity index (χ2n) is 7.99. The average Bonchev–Trinajstić information content (AvgIpc) is 3.50. The summed E-state index contributed by atoms with van der Waals surface area (Å²) in [5, 5.41) is 21.9. The van der Waals surface area contributed by atoms with Crippen LogP contribution in [0, 0.1) is 12.8 Å². The highest BCUT2D eigenvalue weighted by Gasteiger charge is 2.22. The van der Waals surface area contributed by atoms with E-state index in [-0.39, 0.29) is 12.3 Å². The Morgan fingerprint density at radius 1 is 1.15 bits per heavy atom. The number of nitrogens with zero attached hydrogens (tertiary/aromatic N) is 6. The number of hydrogen-bond donors (Lipinski definition) is 1. The van der Waals surface area contributed by atoms with Gasteiger partial charge in [0.25, 0.3) is 5.89 Å². The fourth-order valence-electron chi connectivity index (χ4n) is 3.35. The summed E-state index contributed by atoms with van der Waals surface area (Å²) in [6.07, 6.45) is 0.686. The molecular weight excluding hydrogens is 442 g/mol. The number of carbonyl (C=O) groups excluding carboxylic acids is 1. The third-order valence-electron chi connectivity index (χ3n) is 4.85. The number of thioether (sulfide) groups is 1. The molecule has 2 N–H and O–H groups in total. The summed E-state index contributed by atoms with van der Waals surface area (Å²) in [5.74, 6) is 2.60. The van der Waals surface area contributed by atoms with E-state index in [0.717, 1.165) is 23.1 Å². The molecule has 33 heavy (non-hydrogen) atoms. The molecular formula is C22H25N7O3S. The van der Waals surface area contributed by atoms with Gasteiger partial charge in [0, 0.05) is 24.9 Å². The Morgan fingerprint density at radius 3 is 2.67 bits per heavy atom. The minimum absolute atomic E-state index is 0.232. The highest BCUT2D eigenvalue weighted by molar-refractivity contribution is 7.98. The largest absolute Gasteiger partial charge is 0.420 e. The van der Waals surface area contributed by atoms with Gasteiger partial charge in [-0.15, -0.1) is 20.4 Å². The lowest BCUT2D eigenvalue weighted by Gasteiger charge is -2.11. The highest BCUT2D eigenvalue weighted by atomic mass is 32.2. The van der Waals surface area contributed by atoms with Gasteiger partial charge in [-0.25, -0.2) is 0 Å². The zero-order valence-electron chi connectivity index (χ0n) is 18.7. The van der Waals surface area contributed by atoms with E-state index < -0.39 is 0 Å². The third kappa shape index (κ3) is 5.30. The number of carbonyl (C=O) groups is 1. The second-order valence-corrected chi connectivity index (χ2v) is 8.93. The summed E-state index contributed by atoms with van der Waals surface area (Å²) in [6, 6.07) is 9.71. The Kier molecular flexibility index (Phi) is 6.87. The summed E-state index contributed by atoms with van der Waals surface area (Å²) in [7, 11) is 0. The van der Waals surface area contributed by atoms with Crippen molar-refractivity contribution in [3.05, 3.63) is 47.8 Å². The van der Waals surface area contributed by atoms with Crippen molar-refractivity contribution >= 4 is 17.7 Å². The molecule has 0 spiro atoms. The molecule has 172 valence electrons. The summed E-state index contributed by atoms with van der Waals surface area (Å²) >= 11 is 1.45. The number of benzene rings is 1. The zero-order valence-corrected chi connectivity index (χ0v) is 19.5. The maximum Gasteiger partial charge on any atom is 0.253 e. The van der Waals surface area contributed by atoms with Crippen LogP contribution in [0.25, 0.3) is 22.7 Å². The molecule has 0 radical (unpaired) electrons. The molecule has 0 unspecified atom stereocenters. The van der Waals surface area contributed by atoms with E-state index in [2.05, 4.69) is 39.4 Å². The van der Waals surface area contributed by atoms with E-state index >= 15 is 0 Å². The van der Waals surface area contributed by atoms with Gasteiger partial charge in [-0.05, 0) is 12.8 Å². The number of primary amides is 1. The van der Waals surface area contributed by atoms with Crippen molar-refractivity contribution in [2.24, 2.45) is 11.7 Å². The monoisotopic (exact) mass is 467 g/mol. The molecule has 0 aliphatic heterocycles. The Balaban J connectivity index is 1.52. The van der Waals surface area contributed by atoms with Crippen molar-refractivity contribution in [1.82, 2.24) is 30.1 Å². The number of rotatable bonds is 10. The first-order valence-corrected chi connectivity index (χ1v) is 11.6. The normalized spacial score (nSPS) is 11.4. The molecule has 11 heteroatoms. The summed E-state index contributed by atoms with van der Waals surface area (Å²) in [6.45, 7) is 6.78. The maximum atomic E-state index is 11.2. The summed E-state index contributed by atoms with van der Waals surface area (Å²) < 4.78 is 13.4. The van der Waals surface area contributed by atoms with Crippen molar-refractivity contribution < 1.29 is 13.7 Å². The molecule has 0 saturated heterocycles. The predicted octanol–water partition coefficient (Wildman–Crippen LogP) is 3.66. The first kappa shape index (κ1) is 22.7. The predicted molar refractivity (Wildman–Crippen MR) is 122 cm³/mol. The number of aryl methyl sites for hydroxylation is 2. The molecule has 10 nitrogen and oxygen atoms in total. The van der Waals surface area contributed by atoms with Gasteiger partial charge in [0.2, 0.25) is 11.8 Å². The Hall–Kier alpha value is -3.47. The van der Waals surface area contributed by atoms with E-state index in [1.54, 1.807) is 0 Å². The van der Waals surface area contributed by atoms with Crippen LogP contribution < -0.4 is 5.73 Å². The standard InChI is InChI=1S/C22H25N7O3S/c1-13(2)11-29-17(10-9-16(23)30)24-27-22(29)33-12-18-25-26-21(31-18)19-14(3)32-28-20(19)15-7-5-4-6-8-15/h4-8,13H,9-12H2,1-3H3,(H2,23,30). The van der Waals surface area contributed by atoms with Gasteiger partial charge in [-0.3, -0.25) is 4.79 Å². The van der Waals surface area contributed by atoms with Crippen LogP contribution in [0.2, 0.25) is 0 Å². The molecule has 0 fully saturated rings. The van der Waals surface area contributed by atoms with Crippen LogP contribution in [-0.2, 0) is 23.5 Å². The minimum atomic E-state index is -0.361. The summed E-state index contributed by atoms with van der Waals surface area (Å²) in [5.41, 5.74) is 7.54.